The zero-order valence-corrected chi connectivity index (χ0v) is 17.8. The summed E-state index contributed by atoms with van der Waals surface area (Å²) in [6.45, 7) is 0. The van der Waals surface area contributed by atoms with Crippen molar-refractivity contribution in [1.29, 1.82) is 0 Å². The van der Waals surface area contributed by atoms with Gasteiger partial charge in [0.2, 0.25) is 0 Å². The molecule has 8 heteroatoms. The van der Waals surface area contributed by atoms with Gasteiger partial charge in [0.1, 0.15) is 5.01 Å². The Hall–Kier alpha value is -1.82. The molecule has 4 aromatic rings. The second-order valence-corrected chi connectivity index (χ2v) is 8.59. The van der Waals surface area contributed by atoms with Crippen molar-refractivity contribution in [3.8, 4) is 10.6 Å². The van der Waals surface area contributed by atoms with Crippen LogP contribution in [0.5, 0.6) is 0 Å². The summed E-state index contributed by atoms with van der Waals surface area (Å²) in [5.41, 5.74) is 2.14. The number of carbonyl (C=O) groups is 1. The van der Waals surface area contributed by atoms with Crippen LogP contribution in [0, 0.1) is 0 Å². The lowest BCUT2D eigenvalue weighted by Gasteiger charge is -2.13. The monoisotopic (exact) mass is 466 g/mol. The molecular weight excluding hydrogens is 458 g/mol. The number of hydrogen-bond donors (Lipinski definition) is 1. The van der Waals surface area contributed by atoms with E-state index in [1.807, 2.05) is 24.3 Å². The molecule has 0 saturated heterocycles. The van der Waals surface area contributed by atoms with Gasteiger partial charge >= 0.3 is 0 Å². The Morgan fingerprint density at radius 1 is 0.893 bits per heavy atom. The predicted octanol–water partition coefficient (Wildman–Crippen LogP) is 7.83. The first-order valence-electron chi connectivity index (χ1n) is 8.04. The maximum atomic E-state index is 12.8. The minimum absolute atomic E-state index is 0.246. The van der Waals surface area contributed by atoms with E-state index in [0.29, 0.717) is 31.3 Å². The van der Waals surface area contributed by atoms with Crippen LogP contribution in [0.3, 0.4) is 0 Å². The van der Waals surface area contributed by atoms with Crippen molar-refractivity contribution in [1.82, 2.24) is 4.98 Å². The number of fused-ring (bicyclic) bond motifs is 1. The molecule has 1 heterocycles. The highest BCUT2D eigenvalue weighted by molar-refractivity contribution is 7.21. The molecule has 0 radical (unpaired) electrons. The number of nitrogens with one attached hydrogen (secondary N) is 1. The van der Waals surface area contributed by atoms with Gasteiger partial charge < -0.3 is 5.32 Å². The fourth-order valence-electron chi connectivity index (χ4n) is 2.71. The van der Waals surface area contributed by atoms with Gasteiger partial charge in [0.25, 0.3) is 5.91 Å². The number of nitrogens with zero attached hydrogens (tertiary/aromatic N) is 1. The van der Waals surface area contributed by atoms with Gasteiger partial charge in [-0.2, -0.15) is 0 Å². The van der Waals surface area contributed by atoms with Gasteiger partial charge in [-0.15, -0.1) is 11.3 Å². The molecular formula is C20H10Cl4N2OS. The Bertz CT molecular complexity index is 1190. The quantitative estimate of drug-likeness (QED) is 0.333. The number of carbonyl (C=O) groups excluding carboxylic acids is 1. The summed E-state index contributed by atoms with van der Waals surface area (Å²) in [5.74, 6) is -0.431. The van der Waals surface area contributed by atoms with Gasteiger partial charge in [0.05, 0.1) is 31.5 Å². The third-order valence-corrected chi connectivity index (χ3v) is 6.14. The lowest BCUT2D eigenvalue weighted by molar-refractivity contribution is 0.102. The highest BCUT2D eigenvalue weighted by Crippen LogP contribution is 2.40. The van der Waals surface area contributed by atoms with Crippen LogP contribution in [0.25, 0.3) is 20.8 Å². The van der Waals surface area contributed by atoms with E-state index in [1.54, 1.807) is 24.3 Å². The fourth-order valence-corrected chi connectivity index (χ4v) is 4.61. The predicted molar refractivity (Wildman–Crippen MR) is 119 cm³/mol. The van der Waals surface area contributed by atoms with E-state index in [-0.39, 0.29) is 10.6 Å². The maximum Gasteiger partial charge on any atom is 0.257 e. The summed E-state index contributed by atoms with van der Waals surface area (Å²) in [4.78, 5) is 17.5. The van der Waals surface area contributed by atoms with Gasteiger partial charge in [-0.3, -0.25) is 4.79 Å². The molecule has 1 amide bonds. The third-order valence-electron chi connectivity index (χ3n) is 3.99. The Kier molecular flexibility index (Phi) is 5.50. The summed E-state index contributed by atoms with van der Waals surface area (Å²) >= 11 is 26.2. The van der Waals surface area contributed by atoms with Gasteiger partial charge in [0, 0.05) is 15.6 Å². The molecule has 0 aliphatic carbocycles. The van der Waals surface area contributed by atoms with E-state index in [9.17, 15) is 4.79 Å². The van der Waals surface area contributed by atoms with Crippen molar-refractivity contribution >= 4 is 79.6 Å². The van der Waals surface area contributed by atoms with Crippen molar-refractivity contribution in [2.75, 3.05) is 5.32 Å². The highest BCUT2D eigenvalue weighted by Gasteiger charge is 2.19. The van der Waals surface area contributed by atoms with Crippen molar-refractivity contribution < 1.29 is 4.79 Å². The van der Waals surface area contributed by atoms with Gasteiger partial charge in [-0.05, 0) is 42.5 Å². The summed E-state index contributed by atoms with van der Waals surface area (Å²) in [6, 6.07) is 15.7. The molecule has 0 fully saturated rings. The normalized spacial score (nSPS) is 11.0. The zero-order valence-electron chi connectivity index (χ0n) is 14.0. The van der Waals surface area contributed by atoms with Gasteiger partial charge in [-0.25, -0.2) is 4.98 Å². The van der Waals surface area contributed by atoms with Crippen LogP contribution in [0.2, 0.25) is 20.1 Å². The largest absolute Gasteiger partial charge is 0.320 e. The van der Waals surface area contributed by atoms with Crippen molar-refractivity contribution in [3.63, 3.8) is 0 Å². The number of benzene rings is 3. The van der Waals surface area contributed by atoms with E-state index in [0.717, 1.165) is 10.2 Å². The van der Waals surface area contributed by atoms with Crippen LogP contribution in [0.1, 0.15) is 10.4 Å². The highest BCUT2D eigenvalue weighted by atomic mass is 35.5. The standard InChI is InChI=1S/C20H10Cl4N2OS/c21-10-5-6-14(23)12(7-10)19(27)26-18-13(8-11(22)9-15(18)24)20-25-16-3-1-2-4-17(16)28-20/h1-9H,(H,26,27). The number of halogens is 4. The molecule has 4 rings (SSSR count). The molecule has 0 atom stereocenters. The van der Waals surface area contributed by atoms with E-state index in [1.165, 1.54) is 17.4 Å². The lowest BCUT2D eigenvalue weighted by atomic mass is 10.1. The molecule has 1 N–H and O–H groups in total. The van der Waals surface area contributed by atoms with E-state index < -0.39 is 5.91 Å². The summed E-state index contributed by atoms with van der Waals surface area (Å²) < 4.78 is 1.02. The van der Waals surface area contributed by atoms with Crippen LogP contribution in [0.15, 0.2) is 54.6 Å². The fraction of sp³-hybridized carbons (Fsp3) is 0. The summed E-state index contributed by atoms with van der Waals surface area (Å²) in [7, 11) is 0. The third kappa shape index (κ3) is 3.84. The molecule has 0 spiro atoms. The summed E-state index contributed by atoms with van der Waals surface area (Å²) in [5, 5.41) is 4.95. The molecule has 0 saturated carbocycles. The average Bonchev–Trinajstić information content (AvgIpc) is 3.09. The lowest BCUT2D eigenvalue weighted by Crippen LogP contribution is -2.13. The topological polar surface area (TPSA) is 42.0 Å². The molecule has 1 aromatic heterocycles. The van der Waals surface area contributed by atoms with Gasteiger partial charge in [0.15, 0.2) is 0 Å². The maximum absolute atomic E-state index is 12.8. The van der Waals surface area contributed by atoms with Crippen LogP contribution < -0.4 is 5.32 Å². The Morgan fingerprint density at radius 2 is 1.68 bits per heavy atom. The SMILES string of the molecule is O=C(Nc1c(Cl)cc(Cl)cc1-c1nc2ccccc2s1)c1cc(Cl)ccc1Cl. The number of aromatic nitrogens is 1. The van der Waals surface area contributed by atoms with Crippen molar-refractivity contribution in [2.45, 2.75) is 0 Å². The van der Waals surface area contributed by atoms with Crippen LogP contribution in [-0.4, -0.2) is 10.9 Å². The number of hydrogen-bond acceptors (Lipinski definition) is 3. The number of thiazole rings is 1. The van der Waals surface area contributed by atoms with Crippen molar-refractivity contribution in [2.24, 2.45) is 0 Å². The van der Waals surface area contributed by atoms with Crippen molar-refractivity contribution in [3.05, 3.63) is 80.3 Å². The zero-order chi connectivity index (χ0) is 19.8. The molecule has 3 nitrogen and oxygen atoms in total. The Morgan fingerprint density at radius 3 is 2.46 bits per heavy atom. The number of anilines is 1. The molecule has 28 heavy (non-hydrogen) atoms. The Labute approximate surface area is 184 Å². The first-order chi connectivity index (χ1) is 13.4. The number of amides is 1. The molecule has 140 valence electrons. The molecule has 3 aromatic carbocycles. The van der Waals surface area contributed by atoms with E-state index >= 15 is 0 Å². The second-order valence-electron chi connectivity index (χ2n) is 5.88. The number of para-hydroxylation sites is 1. The minimum atomic E-state index is -0.431. The van der Waals surface area contributed by atoms with Gasteiger partial charge in [-0.1, -0.05) is 58.5 Å². The summed E-state index contributed by atoms with van der Waals surface area (Å²) in [6.07, 6.45) is 0. The van der Waals surface area contributed by atoms with E-state index in [2.05, 4.69) is 10.3 Å². The average molecular weight is 468 g/mol. The van der Waals surface area contributed by atoms with Crippen LogP contribution in [0.4, 0.5) is 5.69 Å². The van der Waals surface area contributed by atoms with E-state index in [4.69, 9.17) is 46.4 Å². The second kappa shape index (κ2) is 7.90. The Balaban J connectivity index is 1.81. The van der Waals surface area contributed by atoms with Crippen LogP contribution >= 0.6 is 57.7 Å². The molecule has 0 unspecified atom stereocenters. The molecule has 0 aliphatic rings. The molecule has 0 aliphatic heterocycles. The minimum Gasteiger partial charge on any atom is -0.320 e. The first-order valence-corrected chi connectivity index (χ1v) is 10.4. The smallest absolute Gasteiger partial charge is 0.257 e. The molecule has 0 bridgehead atoms. The number of rotatable bonds is 3. The van der Waals surface area contributed by atoms with Crippen LogP contribution in [-0.2, 0) is 0 Å². The first kappa shape index (κ1) is 19.5.